The van der Waals surface area contributed by atoms with Crippen LogP contribution in [-0.4, -0.2) is 13.2 Å². The highest BCUT2D eigenvalue weighted by molar-refractivity contribution is 14.1. The average Bonchev–Trinajstić information content (AvgIpc) is 2.20. The van der Waals surface area contributed by atoms with Gasteiger partial charge in [-0.25, -0.2) is 0 Å². The fraction of sp³-hybridized carbons (Fsp3) is 0.455. The highest BCUT2D eigenvalue weighted by atomic mass is 127. The van der Waals surface area contributed by atoms with Gasteiger partial charge in [-0.15, -0.1) is 0 Å². The first-order chi connectivity index (χ1) is 6.36. The summed E-state index contributed by atoms with van der Waals surface area (Å²) in [6.07, 6.45) is 2.36. The Morgan fingerprint density at radius 1 is 1.08 bits per heavy atom. The molecule has 0 N–H and O–H groups in total. The summed E-state index contributed by atoms with van der Waals surface area (Å²) in [4.78, 5) is 0. The van der Waals surface area contributed by atoms with Crippen molar-refractivity contribution in [1.82, 2.24) is 0 Å². The Kier molecular flexibility index (Phi) is 3.22. The van der Waals surface area contributed by atoms with Gasteiger partial charge in [0.1, 0.15) is 0 Å². The summed E-state index contributed by atoms with van der Waals surface area (Å²) in [5.74, 6) is 0.728. The molecule has 1 aliphatic rings. The molecule has 0 aromatic heterocycles. The van der Waals surface area contributed by atoms with Gasteiger partial charge in [-0.1, -0.05) is 12.1 Å². The molecule has 1 aromatic rings. The number of halogens is 1. The molecule has 1 heterocycles. The van der Waals surface area contributed by atoms with E-state index in [1.807, 2.05) is 0 Å². The van der Waals surface area contributed by atoms with Gasteiger partial charge in [-0.3, -0.25) is 0 Å². The molecule has 13 heavy (non-hydrogen) atoms. The van der Waals surface area contributed by atoms with E-state index in [1.165, 1.54) is 22.0 Å². The van der Waals surface area contributed by atoms with Crippen LogP contribution in [0.4, 0.5) is 0 Å². The van der Waals surface area contributed by atoms with Crippen LogP contribution in [0.25, 0.3) is 0 Å². The van der Waals surface area contributed by atoms with Gasteiger partial charge in [-0.05, 0) is 59.0 Å². The molecule has 1 aromatic carbocycles. The largest absolute Gasteiger partial charge is 0.381 e. The first-order valence-corrected chi connectivity index (χ1v) is 5.77. The number of rotatable bonds is 1. The normalized spacial score (nSPS) is 18.8. The van der Waals surface area contributed by atoms with Gasteiger partial charge >= 0.3 is 0 Å². The molecule has 0 unspecified atom stereocenters. The maximum atomic E-state index is 5.34. The number of ether oxygens (including phenoxy) is 1. The van der Waals surface area contributed by atoms with Crippen molar-refractivity contribution in [2.45, 2.75) is 18.8 Å². The second-order valence-corrected chi connectivity index (χ2v) is 4.68. The van der Waals surface area contributed by atoms with E-state index < -0.39 is 0 Å². The summed E-state index contributed by atoms with van der Waals surface area (Å²) in [7, 11) is 0. The van der Waals surface area contributed by atoms with Gasteiger partial charge in [0, 0.05) is 16.8 Å². The molecule has 0 spiro atoms. The van der Waals surface area contributed by atoms with Crippen LogP contribution in [0.1, 0.15) is 24.3 Å². The standard InChI is InChI=1S/C11H13IO/c12-11-3-1-9(2-4-11)10-5-7-13-8-6-10/h1-4,10H,5-8H2. The van der Waals surface area contributed by atoms with Crippen molar-refractivity contribution in [1.29, 1.82) is 0 Å². The second-order valence-electron chi connectivity index (χ2n) is 3.44. The van der Waals surface area contributed by atoms with E-state index in [0.717, 1.165) is 19.1 Å². The van der Waals surface area contributed by atoms with Crippen LogP contribution in [0.2, 0.25) is 0 Å². The zero-order chi connectivity index (χ0) is 9.10. The molecule has 2 heteroatoms. The van der Waals surface area contributed by atoms with Crippen LogP contribution in [-0.2, 0) is 4.74 Å². The Labute approximate surface area is 92.6 Å². The van der Waals surface area contributed by atoms with Crippen molar-refractivity contribution in [3.63, 3.8) is 0 Å². The van der Waals surface area contributed by atoms with Gasteiger partial charge in [0.2, 0.25) is 0 Å². The van der Waals surface area contributed by atoms with E-state index in [2.05, 4.69) is 46.9 Å². The van der Waals surface area contributed by atoms with Crippen LogP contribution < -0.4 is 0 Å². The Bertz CT molecular complexity index is 262. The maximum absolute atomic E-state index is 5.34. The smallest absolute Gasteiger partial charge is 0.0471 e. The lowest BCUT2D eigenvalue weighted by Gasteiger charge is -2.22. The molecule has 1 saturated heterocycles. The lowest BCUT2D eigenvalue weighted by Crippen LogP contribution is -2.13. The van der Waals surface area contributed by atoms with E-state index in [1.54, 1.807) is 0 Å². The van der Waals surface area contributed by atoms with Crippen molar-refractivity contribution in [2.24, 2.45) is 0 Å². The number of hydrogen-bond donors (Lipinski definition) is 0. The molecular weight excluding hydrogens is 275 g/mol. The summed E-state index contributed by atoms with van der Waals surface area (Å²) in [5, 5.41) is 0. The van der Waals surface area contributed by atoms with Crippen LogP contribution in [0.3, 0.4) is 0 Å². The van der Waals surface area contributed by atoms with E-state index in [-0.39, 0.29) is 0 Å². The van der Waals surface area contributed by atoms with Gasteiger partial charge in [0.15, 0.2) is 0 Å². The number of benzene rings is 1. The molecular formula is C11H13IO. The average molecular weight is 288 g/mol. The van der Waals surface area contributed by atoms with Gasteiger partial charge in [0.25, 0.3) is 0 Å². The van der Waals surface area contributed by atoms with Crippen molar-refractivity contribution in [3.8, 4) is 0 Å². The van der Waals surface area contributed by atoms with Crippen LogP contribution >= 0.6 is 22.6 Å². The molecule has 2 rings (SSSR count). The van der Waals surface area contributed by atoms with Gasteiger partial charge in [-0.2, -0.15) is 0 Å². The van der Waals surface area contributed by atoms with E-state index >= 15 is 0 Å². The Morgan fingerprint density at radius 3 is 2.31 bits per heavy atom. The van der Waals surface area contributed by atoms with E-state index in [0.29, 0.717) is 0 Å². The van der Waals surface area contributed by atoms with Crippen LogP contribution in [0.15, 0.2) is 24.3 Å². The fourth-order valence-electron chi connectivity index (χ4n) is 1.77. The van der Waals surface area contributed by atoms with Crippen molar-refractivity contribution in [3.05, 3.63) is 33.4 Å². The van der Waals surface area contributed by atoms with Crippen molar-refractivity contribution in [2.75, 3.05) is 13.2 Å². The Morgan fingerprint density at radius 2 is 1.69 bits per heavy atom. The Hall–Kier alpha value is -0.0900. The minimum Gasteiger partial charge on any atom is -0.381 e. The third-order valence-electron chi connectivity index (χ3n) is 2.56. The van der Waals surface area contributed by atoms with Crippen molar-refractivity contribution >= 4 is 22.6 Å². The summed E-state index contributed by atoms with van der Waals surface area (Å²) in [6, 6.07) is 8.87. The molecule has 70 valence electrons. The first kappa shape index (κ1) is 9.46. The van der Waals surface area contributed by atoms with Gasteiger partial charge in [0.05, 0.1) is 0 Å². The highest BCUT2D eigenvalue weighted by Crippen LogP contribution is 2.26. The summed E-state index contributed by atoms with van der Waals surface area (Å²) < 4.78 is 6.66. The SMILES string of the molecule is Ic1ccc(C2CCOCC2)cc1. The van der Waals surface area contributed by atoms with Gasteiger partial charge < -0.3 is 4.74 Å². The third kappa shape index (κ3) is 2.44. The first-order valence-electron chi connectivity index (χ1n) is 4.69. The summed E-state index contributed by atoms with van der Waals surface area (Å²) >= 11 is 2.34. The molecule has 0 aliphatic carbocycles. The lowest BCUT2D eigenvalue weighted by molar-refractivity contribution is 0.0853. The number of hydrogen-bond acceptors (Lipinski definition) is 1. The van der Waals surface area contributed by atoms with E-state index in [9.17, 15) is 0 Å². The molecule has 0 atom stereocenters. The molecule has 1 fully saturated rings. The topological polar surface area (TPSA) is 9.23 Å². The minimum absolute atomic E-state index is 0.728. The second kappa shape index (κ2) is 4.42. The quantitative estimate of drug-likeness (QED) is 0.721. The maximum Gasteiger partial charge on any atom is 0.0471 e. The zero-order valence-electron chi connectivity index (χ0n) is 7.50. The van der Waals surface area contributed by atoms with Crippen LogP contribution in [0, 0.1) is 3.57 Å². The minimum atomic E-state index is 0.728. The Balaban J connectivity index is 2.10. The monoisotopic (exact) mass is 288 g/mol. The fourth-order valence-corrected chi connectivity index (χ4v) is 2.13. The summed E-state index contributed by atoms with van der Waals surface area (Å²) in [6.45, 7) is 1.85. The molecule has 1 nitrogen and oxygen atoms in total. The molecule has 0 amide bonds. The third-order valence-corrected chi connectivity index (χ3v) is 3.28. The van der Waals surface area contributed by atoms with Crippen molar-refractivity contribution < 1.29 is 4.74 Å². The highest BCUT2D eigenvalue weighted by Gasteiger charge is 2.15. The summed E-state index contributed by atoms with van der Waals surface area (Å²) in [5.41, 5.74) is 1.48. The lowest BCUT2D eigenvalue weighted by atomic mass is 9.92. The predicted octanol–water partition coefficient (Wildman–Crippen LogP) is 3.19. The predicted molar refractivity (Wildman–Crippen MR) is 62.0 cm³/mol. The molecule has 0 saturated carbocycles. The van der Waals surface area contributed by atoms with E-state index in [4.69, 9.17) is 4.74 Å². The van der Waals surface area contributed by atoms with Crippen LogP contribution in [0.5, 0.6) is 0 Å². The molecule has 0 bridgehead atoms. The molecule has 1 aliphatic heterocycles. The molecule has 0 radical (unpaired) electrons. The zero-order valence-corrected chi connectivity index (χ0v) is 9.66.